The van der Waals surface area contributed by atoms with E-state index >= 15 is 0 Å². The Labute approximate surface area is 104 Å². The quantitative estimate of drug-likeness (QED) is 0.694. The second kappa shape index (κ2) is 5.58. The highest BCUT2D eigenvalue weighted by Crippen LogP contribution is 2.35. The minimum absolute atomic E-state index is 0.0485. The van der Waals surface area contributed by atoms with Crippen LogP contribution in [-0.2, 0) is 5.41 Å². The Hall–Kier alpha value is -0.690. The zero-order valence-corrected chi connectivity index (χ0v) is 11.3. The van der Waals surface area contributed by atoms with Gasteiger partial charge in [-0.2, -0.15) is 0 Å². The van der Waals surface area contributed by atoms with Crippen LogP contribution in [0, 0.1) is 0 Å². The summed E-state index contributed by atoms with van der Waals surface area (Å²) in [7, 11) is 0. The summed E-state index contributed by atoms with van der Waals surface area (Å²) in [6, 6.07) is 8.22. The van der Waals surface area contributed by atoms with Crippen molar-refractivity contribution in [2.24, 2.45) is 0 Å². The summed E-state index contributed by atoms with van der Waals surface area (Å²) in [5.74, 6) is 0.979. The van der Waals surface area contributed by atoms with Gasteiger partial charge in [0.1, 0.15) is 5.75 Å². The smallest absolute Gasteiger partial charge is 0.123 e. The molecular weight excluding hydrogens is 220 g/mol. The fourth-order valence-electron chi connectivity index (χ4n) is 2.12. The molecule has 90 valence electrons. The third kappa shape index (κ3) is 3.41. The van der Waals surface area contributed by atoms with Crippen molar-refractivity contribution >= 4 is 11.6 Å². The topological polar surface area (TPSA) is 9.23 Å². The molecule has 0 aliphatic rings. The Balaban J connectivity index is 3.00. The summed E-state index contributed by atoms with van der Waals surface area (Å²) in [5.41, 5.74) is 1.29. The van der Waals surface area contributed by atoms with E-state index in [9.17, 15) is 0 Å². The molecule has 0 spiro atoms. The molecule has 0 heterocycles. The largest absolute Gasteiger partial charge is 0.494 e. The molecule has 1 unspecified atom stereocenters. The molecule has 0 fully saturated rings. The van der Waals surface area contributed by atoms with Crippen LogP contribution < -0.4 is 4.74 Å². The summed E-state index contributed by atoms with van der Waals surface area (Å²) < 4.78 is 5.66. The number of rotatable bonds is 5. The molecule has 0 amide bonds. The van der Waals surface area contributed by atoms with Gasteiger partial charge in [-0.15, -0.1) is 11.6 Å². The van der Waals surface area contributed by atoms with Crippen LogP contribution in [0.2, 0.25) is 0 Å². The van der Waals surface area contributed by atoms with E-state index < -0.39 is 0 Å². The second-order valence-corrected chi connectivity index (χ2v) is 5.54. The standard InChI is InChI=1S/C14H21ClO/c1-5-16-13-9-7-6-8-12(13)14(3,4)10-11(2)15/h6-9,11H,5,10H2,1-4H3. The molecule has 1 aromatic carbocycles. The monoisotopic (exact) mass is 240 g/mol. The molecule has 1 atom stereocenters. The third-order valence-corrected chi connectivity index (χ3v) is 2.86. The Morgan fingerprint density at radius 2 is 1.94 bits per heavy atom. The molecule has 1 rings (SSSR count). The van der Waals surface area contributed by atoms with Crippen LogP contribution in [0.1, 0.15) is 39.7 Å². The molecule has 0 N–H and O–H groups in total. The predicted molar refractivity (Wildman–Crippen MR) is 70.6 cm³/mol. The fraction of sp³-hybridized carbons (Fsp3) is 0.571. The van der Waals surface area contributed by atoms with Crippen molar-refractivity contribution in [1.29, 1.82) is 0 Å². The molecule has 2 heteroatoms. The molecule has 0 aliphatic carbocycles. The van der Waals surface area contributed by atoms with E-state index in [1.54, 1.807) is 0 Å². The number of halogens is 1. The first-order valence-electron chi connectivity index (χ1n) is 5.83. The van der Waals surface area contributed by atoms with Gasteiger partial charge in [-0.25, -0.2) is 0 Å². The normalized spacial score (nSPS) is 13.6. The van der Waals surface area contributed by atoms with Crippen LogP contribution in [0.4, 0.5) is 0 Å². The molecule has 16 heavy (non-hydrogen) atoms. The predicted octanol–water partition coefficient (Wildman–Crippen LogP) is 4.38. The molecule has 0 aromatic heterocycles. The van der Waals surface area contributed by atoms with Gasteiger partial charge in [0, 0.05) is 5.38 Å². The maximum atomic E-state index is 6.10. The lowest BCUT2D eigenvalue weighted by Crippen LogP contribution is -2.21. The summed E-state index contributed by atoms with van der Waals surface area (Å²) in [6.07, 6.45) is 0.943. The molecule has 0 aliphatic heterocycles. The summed E-state index contributed by atoms with van der Waals surface area (Å²) >= 11 is 6.10. The maximum Gasteiger partial charge on any atom is 0.123 e. The van der Waals surface area contributed by atoms with Gasteiger partial charge in [0.2, 0.25) is 0 Å². The first kappa shape index (κ1) is 13.4. The zero-order valence-electron chi connectivity index (χ0n) is 10.6. The van der Waals surface area contributed by atoms with Crippen LogP contribution in [0.15, 0.2) is 24.3 Å². The average Bonchev–Trinajstić information content (AvgIpc) is 2.17. The second-order valence-electron chi connectivity index (χ2n) is 4.80. The van der Waals surface area contributed by atoms with Gasteiger partial charge in [-0.3, -0.25) is 0 Å². The molecule has 1 aromatic rings. The van der Waals surface area contributed by atoms with E-state index in [2.05, 4.69) is 26.0 Å². The number of hydrogen-bond donors (Lipinski definition) is 0. The zero-order chi connectivity index (χ0) is 12.2. The van der Waals surface area contributed by atoms with E-state index in [1.807, 2.05) is 26.0 Å². The van der Waals surface area contributed by atoms with Gasteiger partial charge >= 0.3 is 0 Å². The van der Waals surface area contributed by atoms with Gasteiger partial charge in [0.05, 0.1) is 6.61 Å². The minimum Gasteiger partial charge on any atom is -0.494 e. The van der Waals surface area contributed by atoms with E-state index in [4.69, 9.17) is 16.3 Å². The summed E-state index contributed by atoms with van der Waals surface area (Å²) in [6.45, 7) is 9.16. The van der Waals surface area contributed by atoms with Crippen LogP contribution in [0.5, 0.6) is 5.75 Å². The highest BCUT2D eigenvalue weighted by Gasteiger charge is 2.25. The molecule has 1 nitrogen and oxygen atoms in total. The highest BCUT2D eigenvalue weighted by atomic mass is 35.5. The number of benzene rings is 1. The van der Waals surface area contributed by atoms with Crippen molar-refractivity contribution < 1.29 is 4.74 Å². The van der Waals surface area contributed by atoms with E-state index in [0.717, 1.165) is 12.2 Å². The van der Waals surface area contributed by atoms with Crippen molar-refractivity contribution in [3.05, 3.63) is 29.8 Å². The lowest BCUT2D eigenvalue weighted by Gasteiger charge is -2.28. The van der Waals surface area contributed by atoms with Crippen molar-refractivity contribution in [2.75, 3.05) is 6.61 Å². The lowest BCUT2D eigenvalue weighted by atomic mass is 9.80. The van der Waals surface area contributed by atoms with Gasteiger partial charge in [-0.1, -0.05) is 32.0 Å². The number of para-hydroxylation sites is 1. The van der Waals surface area contributed by atoms with Crippen LogP contribution in [0.25, 0.3) is 0 Å². The van der Waals surface area contributed by atoms with Gasteiger partial charge in [0.15, 0.2) is 0 Å². The average molecular weight is 241 g/mol. The third-order valence-electron chi connectivity index (χ3n) is 2.71. The Bertz CT molecular complexity index is 331. The fourth-order valence-corrected chi connectivity index (χ4v) is 2.51. The van der Waals surface area contributed by atoms with Crippen molar-refractivity contribution in [2.45, 2.75) is 44.9 Å². The van der Waals surface area contributed by atoms with E-state index in [1.165, 1.54) is 5.56 Å². The van der Waals surface area contributed by atoms with Crippen molar-refractivity contribution in [3.63, 3.8) is 0 Å². The van der Waals surface area contributed by atoms with Gasteiger partial charge < -0.3 is 4.74 Å². The minimum atomic E-state index is 0.0485. The SMILES string of the molecule is CCOc1ccccc1C(C)(C)CC(C)Cl. The Morgan fingerprint density at radius 1 is 1.31 bits per heavy atom. The summed E-state index contributed by atoms with van der Waals surface area (Å²) in [4.78, 5) is 0. The van der Waals surface area contributed by atoms with Gasteiger partial charge in [-0.05, 0) is 37.3 Å². The van der Waals surface area contributed by atoms with Crippen LogP contribution in [-0.4, -0.2) is 12.0 Å². The van der Waals surface area contributed by atoms with Crippen LogP contribution in [0.3, 0.4) is 0 Å². The molecule has 0 bridgehead atoms. The summed E-state index contributed by atoms with van der Waals surface area (Å²) in [5, 5.41) is 0.171. The first-order chi connectivity index (χ1) is 7.47. The highest BCUT2D eigenvalue weighted by molar-refractivity contribution is 6.20. The molecule has 0 radical (unpaired) electrons. The van der Waals surface area contributed by atoms with Crippen molar-refractivity contribution in [1.82, 2.24) is 0 Å². The van der Waals surface area contributed by atoms with Crippen molar-refractivity contribution in [3.8, 4) is 5.75 Å². The number of ether oxygens (including phenoxy) is 1. The first-order valence-corrected chi connectivity index (χ1v) is 6.27. The van der Waals surface area contributed by atoms with Crippen LogP contribution >= 0.6 is 11.6 Å². The van der Waals surface area contributed by atoms with E-state index in [-0.39, 0.29) is 10.8 Å². The van der Waals surface area contributed by atoms with E-state index in [0.29, 0.717) is 6.61 Å². The molecule has 0 saturated carbocycles. The number of hydrogen-bond acceptors (Lipinski definition) is 1. The maximum absolute atomic E-state index is 6.10. The number of alkyl halides is 1. The molecule has 0 saturated heterocycles. The Kier molecular flexibility index (Phi) is 4.67. The Morgan fingerprint density at radius 3 is 2.50 bits per heavy atom. The lowest BCUT2D eigenvalue weighted by molar-refractivity contribution is 0.325. The molecular formula is C14H21ClO. The van der Waals surface area contributed by atoms with Gasteiger partial charge in [0.25, 0.3) is 0 Å².